The highest BCUT2D eigenvalue weighted by Crippen LogP contribution is 2.41. The summed E-state index contributed by atoms with van der Waals surface area (Å²) in [5, 5.41) is 16.1. The molecular formula is C23H33N3O6S3. The fourth-order valence-corrected chi connectivity index (χ4v) is 8.34. The van der Waals surface area contributed by atoms with Crippen LogP contribution in [-0.4, -0.2) is 63.2 Å². The summed E-state index contributed by atoms with van der Waals surface area (Å²) in [5.41, 5.74) is 0.304. The highest BCUT2D eigenvalue weighted by atomic mass is 32.2. The molecule has 1 fully saturated rings. The summed E-state index contributed by atoms with van der Waals surface area (Å²) >= 11 is 1.12. The molecule has 2 atom stereocenters. The Kier molecular flexibility index (Phi) is 7.36. The standard InChI is InChI=1S/C23H33N3O6S3/c1-14(2)9-11-26-17-8-6-4-5-7-16(17)19(27)18(23(26)28)21-24-22-20(35(31,32)25-21)15(13-33-22)10-12-34(3,29)30/h13-14,16-17,27H,4-12H2,1-3H3,(H,24,25). The first kappa shape index (κ1) is 26.2. The predicted octanol–water partition coefficient (Wildman–Crippen LogP) is 3.50. The zero-order valence-corrected chi connectivity index (χ0v) is 22.7. The van der Waals surface area contributed by atoms with Crippen LogP contribution in [0.25, 0.3) is 0 Å². The number of anilines is 1. The van der Waals surface area contributed by atoms with E-state index in [2.05, 4.69) is 23.6 Å². The zero-order chi connectivity index (χ0) is 25.5. The van der Waals surface area contributed by atoms with Crippen LogP contribution in [-0.2, 0) is 31.1 Å². The summed E-state index contributed by atoms with van der Waals surface area (Å²) in [5.74, 6) is -0.681. The highest BCUT2D eigenvalue weighted by Gasteiger charge is 2.45. The van der Waals surface area contributed by atoms with Crippen molar-refractivity contribution in [2.24, 2.45) is 16.2 Å². The molecule has 0 saturated heterocycles. The molecule has 0 aromatic carbocycles. The van der Waals surface area contributed by atoms with Crippen LogP contribution in [0, 0.1) is 11.8 Å². The number of aryl methyl sites for hydroxylation is 1. The van der Waals surface area contributed by atoms with Crippen molar-refractivity contribution >= 4 is 47.9 Å². The van der Waals surface area contributed by atoms with Crippen LogP contribution >= 0.6 is 11.3 Å². The molecule has 1 aliphatic carbocycles. The van der Waals surface area contributed by atoms with Crippen molar-refractivity contribution in [3.05, 3.63) is 22.3 Å². The van der Waals surface area contributed by atoms with Crippen molar-refractivity contribution in [2.75, 3.05) is 23.9 Å². The van der Waals surface area contributed by atoms with Gasteiger partial charge in [-0.1, -0.05) is 33.1 Å². The Bertz CT molecular complexity index is 1280. The van der Waals surface area contributed by atoms with Gasteiger partial charge < -0.3 is 15.3 Å². The number of sulfonamides is 1. The summed E-state index contributed by atoms with van der Waals surface area (Å²) in [6.45, 7) is 4.72. The molecule has 1 saturated carbocycles. The summed E-state index contributed by atoms with van der Waals surface area (Å²) in [7, 11) is -7.47. The summed E-state index contributed by atoms with van der Waals surface area (Å²) < 4.78 is 53.5. The number of carbonyl (C=O) groups excluding carboxylic acids is 1. The molecule has 2 N–H and O–H groups in total. The van der Waals surface area contributed by atoms with E-state index in [1.54, 1.807) is 5.38 Å². The molecule has 9 nitrogen and oxygen atoms in total. The summed E-state index contributed by atoms with van der Waals surface area (Å²) in [6, 6.07) is -0.104. The maximum atomic E-state index is 13.7. The molecule has 3 heterocycles. The van der Waals surface area contributed by atoms with Gasteiger partial charge in [-0.25, -0.2) is 8.42 Å². The maximum Gasteiger partial charge on any atom is 0.287 e. The van der Waals surface area contributed by atoms with E-state index in [1.807, 2.05) is 4.90 Å². The van der Waals surface area contributed by atoms with Crippen LogP contribution in [0.4, 0.5) is 5.00 Å². The van der Waals surface area contributed by atoms with Crippen LogP contribution in [0.2, 0.25) is 0 Å². The highest BCUT2D eigenvalue weighted by molar-refractivity contribution is 7.91. The number of amidine groups is 1. The summed E-state index contributed by atoms with van der Waals surface area (Å²) in [6.07, 6.45) is 6.44. The minimum Gasteiger partial charge on any atom is -0.511 e. The average Bonchev–Trinajstić information content (AvgIpc) is 3.00. The Labute approximate surface area is 211 Å². The number of nitrogens with one attached hydrogen (secondary N) is 1. The lowest BCUT2D eigenvalue weighted by molar-refractivity contribution is -0.132. The van der Waals surface area contributed by atoms with E-state index in [1.165, 1.54) is 0 Å². The molecule has 2 aliphatic heterocycles. The number of aliphatic hydroxyl groups excluding tert-OH is 1. The van der Waals surface area contributed by atoms with Crippen molar-refractivity contribution in [1.82, 2.24) is 4.90 Å². The van der Waals surface area contributed by atoms with Crippen LogP contribution in [0.15, 0.2) is 26.0 Å². The third kappa shape index (κ3) is 5.43. The summed E-state index contributed by atoms with van der Waals surface area (Å²) in [4.78, 5) is 15.4. The van der Waals surface area contributed by atoms with Crippen LogP contribution < -0.4 is 5.32 Å². The number of fused-ring (bicyclic) bond motifs is 2. The lowest BCUT2D eigenvalue weighted by atomic mass is 9.84. The molecule has 0 radical (unpaired) electrons. The van der Waals surface area contributed by atoms with E-state index >= 15 is 0 Å². The minimum absolute atomic E-state index is 0.0516. The molecule has 3 aliphatic rings. The first-order valence-corrected chi connectivity index (χ1v) is 16.4. The van der Waals surface area contributed by atoms with Gasteiger partial charge in [0.1, 0.15) is 31.1 Å². The number of hydrogen-bond acceptors (Lipinski definition) is 8. The van der Waals surface area contributed by atoms with Gasteiger partial charge in [-0.3, -0.25) is 4.79 Å². The smallest absolute Gasteiger partial charge is 0.287 e. The Balaban J connectivity index is 1.73. The van der Waals surface area contributed by atoms with Crippen molar-refractivity contribution in [2.45, 2.75) is 69.7 Å². The number of rotatable bonds is 7. The molecular weight excluding hydrogens is 510 g/mol. The van der Waals surface area contributed by atoms with E-state index < -0.39 is 25.8 Å². The van der Waals surface area contributed by atoms with Gasteiger partial charge in [0.15, 0.2) is 5.84 Å². The predicted molar refractivity (Wildman–Crippen MR) is 137 cm³/mol. The van der Waals surface area contributed by atoms with Gasteiger partial charge in [0.2, 0.25) is 0 Å². The number of amides is 1. The average molecular weight is 544 g/mol. The molecule has 1 aromatic heterocycles. The van der Waals surface area contributed by atoms with Gasteiger partial charge in [-0.2, -0.15) is 8.42 Å². The van der Waals surface area contributed by atoms with Gasteiger partial charge in [0, 0.05) is 24.8 Å². The Morgan fingerprint density at radius 1 is 1.26 bits per heavy atom. The quantitative estimate of drug-likeness (QED) is 0.538. The van der Waals surface area contributed by atoms with Crippen molar-refractivity contribution in [3.63, 3.8) is 0 Å². The molecule has 35 heavy (non-hydrogen) atoms. The Morgan fingerprint density at radius 2 is 1.97 bits per heavy atom. The first-order chi connectivity index (χ1) is 16.4. The second-order valence-electron chi connectivity index (χ2n) is 10.1. The number of thiophene rings is 1. The zero-order valence-electron chi connectivity index (χ0n) is 20.3. The van der Waals surface area contributed by atoms with Gasteiger partial charge in [-0.15, -0.1) is 15.7 Å². The molecule has 2 unspecified atom stereocenters. The van der Waals surface area contributed by atoms with Gasteiger partial charge in [0.25, 0.3) is 15.9 Å². The monoisotopic (exact) mass is 543 g/mol. The van der Waals surface area contributed by atoms with E-state index in [9.17, 15) is 26.7 Å². The number of carbonyl (C=O) groups is 1. The van der Waals surface area contributed by atoms with E-state index in [0.717, 1.165) is 56.1 Å². The molecule has 4 rings (SSSR count). The topological polar surface area (TPSA) is 133 Å². The molecule has 194 valence electrons. The van der Waals surface area contributed by atoms with Crippen LogP contribution in [0.5, 0.6) is 0 Å². The van der Waals surface area contributed by atoms with Crippen molar-refractivity contribution < 1.29 is 26.7 Å². The molecule has 0 spiro atoms. The Hall–Kier alpha value is -1.92. The van der Waals surface area contributed by atoms with Crippen molar-refractivity contribution in [1.29, 1.82) is 0 Å². The normalized spacial score (nSPS) is 24.5. The number of aliphatic hydroxyl groups is 1. The molecule has 1 amide bonds. The Morgan fingerprint density at radius 3 is 2.66 bits per heavy atom. The van der Waals surface area contributed by atoms with Gasteiger partial charge in [0.05, 0.1) is 5.75 Å². The molecule has 12 heteroatoms. The fourth-order valence-electron chi connectivity index (χ4n) is 5.08. The second-order valence-corrected chi connectivity index (χ2v) is 14.8. The maximum absolute atomic E-state index is 13.7. The number of sulfone groups is 1. The third-order valence-electron chi connectivity index (χ3n) is 6.91. The van der Waals surface area contributed by atoms with Gasteiger partial charge in [-0.05, 0) is 42.5 Å². The first-order valence-electron chi connectivity index (χ1n) is 12.0. The minimum atomic E-state index is -4.20. The molecule has 0 bridgehead atoms. The fraction of sp³-hybridized carbons (Fsp3) is 0.652. The van der Waals surface area contributed by atoms with Gasteiger partial charge >= 0.3 is 0 Å². The number of nitrogens with zero attached hydrogens (tertiary/aromatic N) is 2. The lowest BCUT2D eigenvalue weighted by Gasteiger charge is -2.41. The van der Waals surface area contributed by atoms with E-state index in [4.69, 9.17) is 0 Å². The second kappa shape index (κ2) is 9.85. The van der Waals surface area contributed by atoms with E-state index in [0.29, 0.717) is 18.0 Å². The lowest BCUT2D eigenvalue weighted by Crippen LogP contribution is -2.52. The van der Waals surface area contributed by atoms with Crippen LogP contribution in [0.3, 0.4) is 0 Å². The van der Waals surface area contributed by atoms with Crippen LogP contribution in [0.1, 0.15) is 57.9 Å². The largest absolute Gasteiger partial charge is 0.511 e. The van der Waals surface area contributed by atoms with E-state index in [-0.39, 0.29) is 51.2 Å². The number of hydrogen-bond donors (Lipinski definition) is 2. The molecule has 1 aromatic rings. The SMILES string of the molecule is CC(C)CCN1C(=O)C(C2=NS(=O)(=O)c3c(CCS(C)(=O)=O)csc3N2)=C(O)C2CCCCCC21. The third-order valence-corrected chi connectivity index (χ3v) is 10.3. The van der Waals surface area contributed by atoms with Crippen molar-refractivity contribution in [3.8, 4) is 0 Å².